The Hall–Kier alpha value is -2.33. The third-order valence-corrected chi connectivity index (χ3v) is 3.47. The molecule has 0 aliphatic heterocycles. The van der Waals surface area contributed by atoms with Crippen molar-refractivity contribution in [1.82, 2.24) is 4.98 Å². The molecule has 2 aromatic rings. The molecule has 1 aliphatic carbocycles. The molecule has 0 amide bonds. The molecule has 92 valence electrons. The maximum Gasteiger partial charge on any atom is 0.0525 e. The average molecular weight is 245 g/mol. The number of benzene rings is 1. The molecule has 0 saturated carbocycles. The summed E-state index contributed by atoms with van der Waals surface area (Å²) >= 11 is 0. The van der Waals surface area contributed by atoms with Gasteiger partial charge in [0, 0.05) is 29.3 Å². The zero-order valence-corrected chi connectivity index (χ0v) is 11.2. The Kier molecular flexibility index (Phi) is 2.93. The molecule has 0 saturated heterocycles. The summed E-state index contributed by atoms with van der Waals surface area (Å²) in [6.07, 6.45) is 7.04. The minimum Gasteiger partial charge on any atom is -0.260 e. The van der Waals surface area contributed by atoms with Gasteiger partial charge in [-0.05, 0) is 31.0 Å². The van der Waals surface area contributed by atoms with E-state index in [4.69, 9.17) is 0 Å². The molecule has 1 heterocycles. The van der Waals surface area contributed by atoms with Crippen molar-refractivity contribution in [1.29, 1.82) is 0 Å². The number of pyridine rings is 1. The van der Waals surface area contributed by atoms with Crippen LogP contribution in [0.25, 0.3) is 6.08 Å². The third kappa shape index (κ3) is 2.18. The number of aromatic nitrogens is 1. The van der Waals surface area contributed by atoms with Crippen molar-refractivity contribution in [3.8, 4) is 11.8 Å². The van der Waals surface area contributed by atoms with Gasteiger partial charge in [-0.15, -0.1) is 0 Å². The molecule has 0 fully saturated rings. The SMILES string of the molecule is Cc1cccc(C)c1C#Cc1ccnc2c1C=CC2. The first-order valence-corrected chi connectivity index (χ1v) is 6.48. The van der Waals surface area contributed by atoms with Gasteiger partial charge in [-0.3, -0.25) is 4.98 Å². The molecule has 1 aromatic carbocycles. The summed E-state index contributed by atoms with van der Waals surface area (Å²) in [6, 6.07) is 8.28. The van der Waals surface area contributed by atoms with Crippen LogP contribution in [-0.2, 0) is 6.42 Å². The molecule has 0 atom stereocenters. The van der Waals surface area contributed by atoms with Gasteiger partial charge < -0.3 is 0 Å². The third-order valence-electron chi connectivity index (χ3n) is 3.47. The first-order valence-electron chi connectivity index (χ1n) is 6.48. The van der Waals surface area contributed by atoms with E-state index < -0.39 is 0 Å². The van der Waals surface area contributed by atoms with Crippen LogP contribution >= 0.6 is 0 Å². The van der Waals surface area contributed by atoms with E-state index in [2.05, 4.69) is 61.0 Å². The van der Waals surface area contributed by atoms with Crippen LogP contribution in [0.1, 0.15) is 33.5 Å². The quantitative estimate of drug-likeness (QED) is 0.645. The Balaban J connectivity index is 2.06. The molecular formula is C18H15N. The fourth-order valence-corrected chi connectivity index (χ4v) is 2.40. The van der Waals surface area contributed by atoms with Gasteiger partial charge in [0.05, 0.1) is 5.69 Å². The molecule has 0 spiro atoms. The highest BCUT2D eigenvalue weighted by Crippen LogP contribution is 2.20. The van der Waals surface area contributed by atoms with Gasteiger partial charge in [0.2, 0.25) is 0 Å². The lowest BCUT2D eigenvalue weighted by molar-refractivity contribution is 1.12. The number of allylic oxidation sites excluding steroid dienone is 1. The predicted molar refractivity (Wildman–Crippen MR) is 78.9 cm³/mol. The normalized spacial score (nSPS) is 11.9. The number of hydrogen-bond donors (Lipinski definition) is 0. The highest BCUT2D eigenvalue weighted by atomic mass is 14.7. The van der Waals surface area contributed by atoms with Gasteiger partial charge in [-0.25, -0.2) is 0 Å². The molecule has 1 heteroatoms. The van der Waals surface area contributed by atoms with Gasteiger partial charge in [-0.1, -0.05) is 42.2 Å². The number of rotatable bonds is 0. The lowest BCUT2D eigenvalue weighted by Crippen LogP contribution is -1.91. The maximum absolute atomic E-state index is 4.38. The molecule has 3 rings (SSSR count). The number of aryl methyl sites for hydroxylation is 2. The Labute approximate surface area is 114 Å². The van der Waals surface area contributed by atoms with Crippen molar-refractivity contribution in [2.75, 3.05) is 0 Å². The lowest BCUT2D eigenvalue weighted by atomic mass is 10.0. The summed E-state index contributed by atoms with van der Waals surface area (Å²) in [4.78, 5) is 4.38. The van der Waals surface area contributed by atoms with Gasteiger partial charge in [0.15, 0.2) is 0 Å². The van der Waals surface area contributed by atoms with E-state index in [1.807, 2.05) is 12.3 Å². The van der Waals surface area contributed by atoms with Gasteiger partial charge in [-0.2, -0.15) is 0 Å². The minimum absolute atomic E-state index is 0.925. The van der Waals surface area contributed by atoms with E-state index in [9.17, 15) is 0 Å². The van der Waals surface area contributed by atoms with E-state index in [0.29, 0.717) is 0 Å². The highest BCUT2D eigenvalue weighted by Gasteiger charge is 2.09. The highest BCUT2D eigenvalue weighted by molar-refractivity contribution is 5.66. The van der Waals surface area contributed by atoms with Crippen LogP contribution in [0.5, 0.6) is 0 Å². The Morgan fingerprint density at radius 2 is 1.84 bits per heavy atom. The van der Waals surface area contributed by atoms with Crippen molar-refractivity contribution < 1.29 is 0 Å². The fraction of sp³-hybridized carbons (Fsp3) is 0.167. The Bertz CT molecular complexity index is 707. The lowest BCUT2D eigenvalue weighted by Gasteiger charge is -2.02. The molecular weight excluding hydrogens is 230 g/mol. The zero-order chi connectivity index (χ0) is 13.2. The van der Waals surface area contributed by atoms with E-state index in [-0.39, 0.29) is 0 Å². The van der Waals surface area contributed by atoms with Gasteiger partial charge in [0.25, 0.3) is 0 Å². The summed E-state index contributed by atoms with van der Waals surface area (Å²) in [5.41, 5.74) is 6.98. The first kappa shape index (κ1) is 11.7. The number of hydrogen-bond acceptors (Lipinski definition) is 1. The maximum atomic E-state index is 4.38. The monoisotopic (exact) mass is 245 g/mol. The molecule has 1 nitrogen and oxygen atoms in total. The molecule has 0 bridgehead atoms. The molecule has 1 aromatic heterocycles. The standard InChI is InChI=1S/C18H15N/c1-13-5-3-6-14(2)16(13)10-9-15-11-12-19-18-8-4-7-17(15)18/h3-7,11-12H,8H2,1-2H3. The van der Waals surface area contributed by atoms with Crippen molar-refractivity contribution >= 4 is 6.08 Å². The second kappa shape index (κ2) is 4.74. The van der Waals surface area contributed by atoms with Crippen molar-refractivity contribution in [3.63, 3.8) is 0 Å². The van der Waals surface area contributed by atoms with Crippen LogP contribution in [0, 0.1) is 25.7 Å². The molecule has 0 unspecified atom stereocenters. The second-order valence-corrected chi connectivity index (χ2v) is 4.84. The van der Waals surface area contributed by atoms with Crippen LogP contribution in [0.15, 0.2) is 36.5 Å². The van der Waals surface area contributed by atoms with Crippen molar-refractivity contribution in [3.05, 3.63) is 70.0 Å². The minimum atomic E-state index is 0.925. The van der Waals surface area contributed by atoms with Crippen molar-refractivity contribution in [2.45, 2.75) is 20.3 Å². The Morgan fingerprint density at radius 1 is 1.05 bits per heavy atom. The molecule has 19 heavy (non-hydrogen) atoms. The van der Waals surface area contributed by atoms with E-state index in [1.165, 1.54) is 16.7 Å². The van der Waals surface area contributed by atoms with Crippen LogP contribution in [0.2, 0.25) is 0 Å². The van der Waals surface area contributed by atoms with Crippen LogP contribution < -0.4 is 0 Å². The van der Waals surface area contributed by atoms with Crippen LogP contribution in [0.4, 0.5) is 0 Å². The van der Waals surface area contributed by atoms with Crippen LogP contribution in [-0.4, -0.2) is 4.98 Å². The summed E-state index contributed by atoms with van der Waals surface area (Å²) < 4.78 is 0. The van der Waals surface area contributed by atoms with Crippen LogP contribution in [0.3, 0.4) is 0 Å². The molecule has 0 N–H and O–H groups in total. The fourth-order valence-electron chi connectivity index (χ4n) is 2.40. The number of nitrogens with zero attached hydrogens (tertiary/aromatic N) is 1. The number of fused-ring (bicyclic) bond motifs is 1. The average Bonchev–Trinajstić information content (AvgIpc) is 2.87. The Morgan fingerprint density at radius 3 is 2.63 bits per heavy atom. The summed E-state index contributed by atoms with van der Waals surface area (Å²) in [5.74, 6) is 6.62. The molecule has 1 aliphatic rings. The smallest absolute Gasteiger partial charge is 0.0525 e. The molecule has 0 radical (unpaired) electrons. The summed E-state index contributed by atoms with van der Waals surface area (Å²) in [6.45, 7) is 4.21. The van der Waals surface area contributed by atoms with E-state index in [1.54, 1.807) is 0 Å². The summed E-state index contributed by atoms with van der Waals surface area (Å²) in [5, 5.41) is 0. The van der Waals surface area contributed by atoms with Gasteiger partial charge in [0.1, 0.15) is 0 Å². The largest absolute Gasteiger partial charge is 0.260 e. The first-order chi connectivity index (χ1) is 9.25. The zero-order valence-electron chi connectivity index (χ0n) is 11.2. The van der Waals surface area contributed by atoms with E-state index in [0.717, 1.165) is 23.2 Å². The van der Waals surface area contributed by atoms with Crippen molar-refractivity contribution in [2.24, 2.45) is 0 Å². The second-order valence-electron chi connectivity index (χ2n) is 4.84. The summed E-state index contributed by atoms with van der Waals surface area (Å²) in [7, 11) is 0. The van der Waals surface area contributed by atoms with E-state index >= 15 is 0 Å². The van der Waals surface area contributed by atoms with Gasteiger partial charge >= 0.3 is 0 Å². The topological polar surface area (TPSA) is 12.9 Å². The predicted octanol–water partition coefficient (Wildman–Crippen LogP) is 3.67.